The van der Waals surface area contributed by atoms with Crippen LogP contribution in [0.25, 0.3) is 11.3 Å². The molecule has 2 heterocycles. The molecule has 1 aliphatic heterocycles. The van der Waals surface area contributed by atoms with Crippen LogP contribution in [-0.2, 0) is 23.8 Å². The van der Waals surface area contributed by atoms with E-state index in [1.807, 2.05) is 18.2 Å². The van der Waals surface area contributed by atoms with Gasteiger partial charge in [-0.1, -0.05) is 36.4 Å². The number of pyridine rings is 1. The van der Waals surface area contributed by atoms with Gasteiger partial charge >= 0.3 is 5.97 Å². The number of carbonyl (C=O) groups excluding carboxylic acids is 2. The van der Waals surface area contributed by atoms with E-state index in [0.717, 1.165) is 49.8 Å². The van der Waals surface area contributed by atoms with E-state index in [1.165, 1.54) is 17.8 Å². The fraction of sp³-hybridized carbons (Fsp3) is 0.278. The number of nitrogens with zero attached hydrogens (tertiary/aromatic N) is 2. The summed E-state index contributed by atoms with van der Waals surface area (Å²) in [5.74, 6) is -1.61. The summed E-state index contributed by atoms with van der Waals surface area (Å²) < 4.78 is 28.1. The van der Waals surface area contributed by atoms with E-state index in [-0.39, 0.29) is 24.4 Å². The summed E-state index contributed by atoms with van der Waals surface area (Å²) in [7, 11) is 0. The van der Waals surface area contributed by atoms with Crippen LogP contribution < -0.4 is 15.5 Å². The van der Waals surface area contributed by atoms with Crippen LogP contribution in [0.4, 0.5) is 20.2 Å². The molecule has 244 valence electrons. The molecule has 0 atom stereocenters. The third kappa shape index (κ3) is 9.16. The van der Waals surface area contributed by atoms with Crippen LogP contribution in [0, 0.1) is 5.82 Å². The molecule has 0 spiro atoms. The predicted molar refractivity (Wildman–Crippen MR) is 181 cm³/mol. The molecular weight excluding hydrogens is 622 g/mol. The van der Waals surface area contributed by atoms with Crippen molar-refractivity contribution in [3.05, 3.63) is 113 Å². The number of amides is 2. The lowest BCUT2D eigenvalue weighted by Gasteiger charge is -2.29. The van der Waals surface area contributed by atoms with E-state index in [4.69, 9.17) is 5.11 Å². The Morgan fingerprint density at radius 3 is 2.45 bits per heavy atom. The highest BCUT2D eigenvalue weighted by molar-refractivity contribution is 7.98. The molecule has 0 saturated carbocycles. The van der Waals surface area contributed by atoms with Crippen LogP contribution >= 0.6 is 11.8 Å². The molecule has 0 bridgehead atoms. The zero-order valence-corrected chi connectivity index (χ0v) is 26.6. The Kier molecular flexibility index (Phi) is 11.6. The number of aromatic nitrogens is 1. The van der Waals surface area contributed by atoms with Crippen molar-refractivity contribution < 1.29 is 28.3 Å². The molecule has 11 heteroatoms. The summed E-state index contributed by atoms with van der Waals surface area (Å²) in [5, 5.41) is 14.6. The molecule has 1 fully saturated rings. The van der Waals surface area contributed by atoms with Gasteiger partial charge in [0, 0.05) is 48.0 Å². The maximum Gasteiger partial charge on any atom is 0.304 e. The highest BCUT2D eigenvalue weighted by Crippen LogP contribution is 2.33. The minimum absolute atomic E-state index is 0.0656. The topological polar surface area (TPSA) is 112 Å². The molecule has 1 saturated heterocycles. The van der Waals surface area contributed by atoms with Gasteiger partial charge in [-0.2, -0.15) is 11.8 Å². The fourth-order valence-electron chi connectivity index (χ4n) is 5.41. The van der Waals surface area contributed by atoms with Gasteiger partial charge in [0.1, 0.15) is 6.67 Å². The van der Waals surface area contributed by atoms with Crippen LogP contribution in [0.3, 0.4) is 0 Å². The van der Waals surface area contributed by atoms with E-state index in [2.05, 4.69) is 20.5 Å². The standard InChI is InChI=1S/C36H36F2N4O4S/c37-20-24-6-4-7-25(16-24)21-40-36(46)29-19-33(39-22-31(29)38)30-18-28(42-13-2-1-3-14-42)10-11-32(30)41-35(45)27-9-5-8-26(17-27)23-47-15-12-34(43)44/h4-11,16-19,22H,1-3,12-15,20-21,23H2,(H,40,46)(H,41,45)(H,43,44). The minimum atomic E-state index is -0.850. The number of anilines is 2. The number of alkyl halides is 1. The molecule has 3 aromatic carbocycles. The molecule has 2 amide bonds. The Hall–Kier alpha value is -4.77. The van der Waals surface area contributed by atoms with Crippen molar-refractivity contribution in [2.45, 2.75) is 44.7 Å². The number of hydrogen-bond donors (Lipinski definition) is 3. The van der Waals surface area contributed by atoms with E-state index >= 15 is 0 Å². The fourth-order valence-corrected chi connectivity index (χ4v) is 6.29. The molecule has 0 radical (unpaired) electrons. The number of thioether (sulfide) groups is 1. The van der Waals surface area contributed by atoms with Crippen LogP contribution in [0.2, 0.25) is 0 Å². The quantitative estimate of drug-likeness (QED) is 0.130. The number of nitrogens with one attached hydrogen (secondary N) is 2. The van der Waals surface area contributed by atoms with Gasteiger partial charge in [0.05, 0.1) is 29.6 Å². The molecule has 0 unspecified atom stereocenters. The van der Waals surface area contributed by atoms with E-state index < -0.39 is 24.4 Å². The van der Waals surface area contributed by atoms with Crippen LogP contribution in [-0.4, -0.2) is 46.7 Å². The first kappa shape index (κ1) is 33.6. The number of carboxylic acids is 1. The van der Waals surface area contributed by atoms with Gasteiger partial charge in [-0.25, -0.2) is 8.78 Å². The lowest BCUT2D eigenvalue weighted by atomic mass is 10.0. The first-order valence-corrected chi connectivity index (χ1v) is 16.6. The van der Waals surface area contributed by atoms with E-state index in [0.29, 0.717) is 45.1 Å². The Balaban J connectivity index is 1.40. The second-order valence-electron chi connectivity index (χ2n) is 11.3. The predicted octanol–water partition coefficient (Wildman–Crippen LogP) is 7.24. The summed E-state index contributed by atoms with van der Waals surface area (Å²) in [6.45, 7) is 1.23. The largest absolute Gasteiger partial charge is 0.481 e. The number of carbonyl (C=O) groups is 3. The highest BCUT2D eigenvalue weighted by Gasteiger charge is 2.20. The lowest BCUT2D eigenvalue weighted by Crippen LogP contribution is -2.29. The second-order valence-corrected chi connectivity index (χ2v) is 12.4. The summed E-state index contributed by atoms with van der Waals surface area (Å²) in [4.78, 5) is 44.0. The zero-order valence-electron chi connectivity index (χ0n) is 25.8. The SMILES string of the molecule is O=C(O)CCSCc1cccc(C(=O)Nc2ccc(N3CCCCC3)cc2-c2cc(C(=O)NCc3cccc(CF)c3)c(F)cn2)c1. The summed E-state index contributed by atoms with van der Waals surface area (Å²) in [6.07, 6.45) is 4.34. The molecule has 47 heavy (non-hydrogen) atoms. The smallest absolute Gasteiger partial charge is 0.304 e. The molecule has 0 aliphatic carbocycles. The molecule has 4 aromatic rings. The molecule has 1 aliphatic rings. The van der Waals surface area contributed by atoms with Gasteiger partial charge in [-0.15, -0.1) is 0 Å². The third-order valence-corrected chi connectivity index (χ3v) is 8.90. The van der Waals surface area contributed by atoms with Gasteiger partial charge in [-0.05, 0) is 72.4 Å². The van der Waals surface area contributed by atoms with Gasteiger partial charge in [-0.3, -0.25) is 19.4 Å². The van der Waals surface area contributed by atoms with Crippen molar-refractivity contribution in [1.82, 2.24) is 10.3 Å². The Morgan fingerprint density at radius 2 is 1.66 bits per heavy atom. The van der Waals surface area contributed by atoms with Gasteiger partial charge in [0.15, 0.2) is 5.82 Å². The maximum absolute atomic E-state index is 15.0. The second kappa shape index (κ2) is 16.2. The third-order valence-electron chi connectivity index (χ3n) is 7.87. The highest BCUT2D eigenvalue weighted by atomic mass is 32.2. The van der Waals surface area contributed by atoms with Crippen molar-refractivity contribution in [2.75, 3.05) is 29.1 Å². The minimum Gasteiger partial charge on any atom is -0.481 e. The number of benzene rings is 3. The van der Waals surface area contributed by atoms with Crippen molar-refractivity contribution in [2.24, 2.45) is 0 Å². The molecule has 3 N–H and O–H groups in total. The van der Waals surface area contributed by atoms with Crippen LogP contribution in [0.15, 0.2) is 79.0 Å². The van der Waals surface area contributed by atoms with Crippen LogP contribution in [0.5, 0.6) is 0 Å². The average Bonchev–Trinajstić information content (AvgIpc) is 3.10. The Bertz CT molecular complexity index is 1750. The van der Waals surface area contributed by atoms with Crippen molar-refractivity contribution >= 4 is 40.9 Å². The Morgan fingerprint density at radius 1 is 0.894 bits per heavy atom. The zero-order chi connectivity index (χ0) is 33.2. The van der Waals surface area contributed by atoms with Crippen molar-refractivity contribution in [3.63, 3.8) is 0 Å². The number of piperidine rings is 1. The molecule has 1 aromatic heterocycles. The molecular formula is C36H36F2N4O4S. The first-order chi connectivity index (χ1) is 22.8. The summed E-state index contributed by atoms with van der Waals surface area (Å²) in [6, 6.07) is 20.9. The monoisotopic (exact) mass is 658 g/mol. The molecule has 5 rings (SSSR count). The summed E-state index contributed by atoms with van der Waals surface area (Å²) >= 11 is 1.48. The number of halogens is 2. The Labute approximate surface area is 276 Å². The van der Waals surface area contributed by atoms with E-state index in [1.54, 1.807) is 48.5 Å². The van der Waals surface area contributed by atoms with Crippen LogP contribution in [0.1, 0.15) is 63.1 Å². The average molecular weight is 659 g/mol. The van der Waals surface area contributed by atoms with Gasteiger partial charge in [0.25, 0.3) is 11.8 Å². The maximum atomic E-state index is 15.0. The first-order valence-electron chi connectivity index (χ1n) is 15.5. The normalized spacial score (nSPS) is 12.9. The van der Waals surface area contributed by atoms with E-state index in [9.17, 15) is 23.2 Å². The van der Waals surface area contributed by atoms with Gasteiger partial charge in [0.2, 0.25) is 0 Å². The number of hydrogen-bond acceptors (Lipinski definition) is 6. The number of aliphatic carboxylic acids is 1. The number of rotatable bonds is 13. The summed E-state index contributed by atoms with van der Waals surface area (Å²) in [5.41, 5.74) is 4.51. The van der Waals surface area contributed by atoms with Crippen molar-refractivity contribution in [3.8, 4) is 11.3 Å². The molecule has 8 nitrogen and oxygen atoms in total. The number of carboxylic acid groups (broad SMARTS) is 1. The lowest BCUT2D eigenvalue weighted by molar-refractivity contribution is -0.136. The van der Waals surface area contributed by atoms with Crippen molar-refractivity contribution in [1.29, 1.82) is 0 Å². The van der Waals surface area contributed by atoms with Gasteiger partial charge < -0.3 is 20.6 Å².